The van der Waals surface area contributed by atoms with Crippen molar-refractivity contribution in [2.24, 2.45) is 4.36 Å². The number of morpholine rings is 1. The first-order chi connectivity index (χ1) is 13.2. The zero-order chi connectivity index (χ0) is 20.3. The molecule has 152 valence electrons. The molecule has 28 heavy (non-hydrogen) atoms. The number of aromatic nitrogens is 3. The van der Waals surface area contributed by atoms with Crippen molar-refractivity contribution in [1.29, 1.82) is 0 Å². The van der Waals surface area contributed by atoms with Crippen LogP contribution in [0.1, 0.15) is 12.6 Å². The number of ether oxygens (including phenoxy) is 1. The molecule has 0 aliphatic carbocycles. The third-order valence-electron chi connectivity index (χ3n) is 4.14. The van der Waals surface area contributed by atoms with Gasteiger partial charge in [-0.2, -0.15) is 4.36 Å². The van der Waals surface area contributed by atoms with Crippen molar-refractivity contribution in [3.05, 3.63) is 23.9 Å². The number of nitrogens with one attached hydrogen (secondary N) is 1. The summed E-state index contributed by atoms with van der Waals surface area (Å²) in [5.41, 5.74) is 1.73. The lowest BCUT2D eigenvalue weighted by Gasteiger charge is -2.34. The summed E-state index contributed by atoms with van der Waals surface area (Å²) in [5, 5.41) is 3.26. The smallest absolute Gasteiger partial charge is 0.167 e. The van der Waals surface area contributed by atoms with Crippen LogP contribution in [0.25, 0.3) is 11.4 Å². The largest absolute Gasteiger partial charge is 0.377 e. The average Bonchev–Trinajstić information content (AvgIpc) is 2.60. The third kappa shape index (κ3) is 5.37. The zero-order valence-corrected chi connectivity index (χ0v) is 18.7. The minimum atomic E-state index is -2.34. The summed E-state index contributed by atoms with van der Waals surface area (Å²) >= 11 is 0. The zero-order valence-electron chi connectivity index (χ0n) is 16.9. The van der Waals surface area contributed by atoms with Gasteiger partial charge in [-0.3, -0.25) is 0 Å². The summed E-state index contributed by atoms with van der Waals surface area (Å²) in [6, 6.07) is 5.88. The topological polar surface area (TPSA) is 92.6 Å². The molecule has 1 aliphatic heterocycles. The van der Waals surface area contributed by atoms with Gasteiger partial charge in [-0.1, -0.05) is 0 Å². The molecule has 10 heteroatoms. The molecule has 2 aromatic heterocycles. The fraction of sp³-hybridized carbons (Fsp3) is 0.500. The van der Waals surface area contributed by atoms with Crippen molar-refractivity contribution >= 4 is 35.9 Å². The Hall–Kier alpha value is -1.83. The molecule has 1 fully saturated rings. The van der Waals surface area contributed by atoms with E-state index in [-0.39, 0.29) is 6.04 Å². The molecule has 0 spiro atoms. The van der Waals surface area contributed by atoms with Crippen molar-refractivity contribution in [2.75, 3.05) is 48.9 Å². The van der Waals surface area contributed by atoms with E-state index < -0.39 is 9.73 Å². The van der Waals surface area contributed by atoms with Gasteiger partial charge in [-0.15, -0.1) is 0 Å². The Morgan fingerprint density at radius 1 is 1.29 bits per heavy atom. The van der Waals surface area contributed by atoms with Gasteiger partial charge in [0.25, 0.3) is 0 Å². The van der Waals surface area contributed by atoms with Gasteiger partial charge in [0.05, 0.1) is 19.3 Å². The van der Waals surface area contributed by atoms with Crippen LogP contribution in [0.4, 0.5) is 17.5 Å². The molecule has 2 atom stereocenters. The van der Waals surface area contributed by atoms with Crippen LogP contribution >= 0.6 is 8.73 Å². The fourth-order valence-electron chi connectivity index (χ4n) is 3.03. The molecule has 0 aromatic carbocycles. The van der Waals surface area contributed by atoms with E-state index in [1.54, 1.807) is 18.6 Å². The minimum Gasteiger partial charge on any atom is -0.377 e. The second kappa shape index (κ2) is 8.68. The second-order valence-corrected chi connectivity index (χ2v) is 10.4. The fourth-order valence-corrected chi connectivity index (χ4v) is 3.96. The summed E-state index contributed by atoms with van der Waals surface area (Å²) in [5.74, 6) is 2.53. The quantitative estimate of drug-likeness (QED) is 0.740. The minimum absolute atomic E-state index is 0.189. The molecular formula is C18H27N6O2PS. The van der Waals surface area contributed by atoms with Crippen molar-refractivity contribution in [3.63, 3.8) is 0 Å². The Balaban J connectivity index is 2.14. The molecule has 1 unspecified atom stereocenters. The highest BCUT2D eigenvalue weighted by Crippen LogP contribution is 2.28. The van der Waals surface area contributed by atoms with Crippen LogP contribution in [0.15, 0.2) is 22.6 Å². The normalized spacial score (nSPS) is 17.9. The van der Waals surface area contributed by atoms with Crippen LogP contribution in [0, 0.1) is 6.92 Å². The molecule has 1 aliphatic rings. The van der Waals surface area contributed by atoms with Crippen LogP contribution in [0.3, 0.4) is 0 Å². The van der Waals surface area contributed by atoms with Gasteiger partial charge >= 0.3 is 0 Å². The highest BCUT2D eigenvalue weighted by molar-refractivity contribution is 7.92. The average molecular weight is 422 g/mol. The van der Waals surface area contributed by atoms with Crippen molar-refractivity contribution in [2.45, 2.75) is 19.9 Å². The van der Waals surface area contributed by atoms with Gasteiger partial charge < -0.3 is 14.7 Å². The Morgan fingerprint density at radius 3 is 2.75 bits per heavy atom. The predicted molar refractivity (Wildman–Crippen MR) is 118 cm³/mol. The molecule has 0 amide bonds. The maximum absolute atomic E-state index is 12.3. The second-order valence-electron chi connectivity index (χ2n) is 7.06. The molecule has 0 radical (unpaired) electrons. The predicted octanol–water partition coefficient (Wildman–Crippen LogP) is 3.07. The van der Waals surface area contributed by atoms with Gasteiger partial charge in [0.2, 0.25) is 0 Å². The maximum atomic E-state index is 12.3. The summed E-state index contributed by atoms with van der Waals surface area (Å²) < 4.78 is 22.1. The number of aryl methyl sites for hydroxylation is 1. The van der Waals surface area contributed by atoms with E-state index in [1.165, 1.54) is 0 Å². The van der Waals surface area contributed by atoms with Crippen LogP contribution in [-0.4, -0.2) is 64.1 Å². The summed E-state index contributed by atoms with van der Waals surface area (Å²) in [4.78, 5) is 16.1. The highest BCUT2D eigenvalue weighted by Gasteiger charge is 2.22. The first-order valence-electron chi connectivity index (χ1n) is 9.07. The van der Waals surface area contributed by atoms with Gasteiger partial charge in [0.15, 0.2) is 11.6 Å². The lowest BCUT2D eigenvalue weighted by atomic mass is 10.2. The molecule has 0 saturated carbocycles. The number of hydrogen-bond acceptors (Lipinski definition) is 8. The van der Waals surface area contributed by atoms with Gasteiger partial charge in [0, 0.05) is 46.1 Å². The molecule has 0 bridgehead atoms. The Labute approximate surface area is 168 Å². The van der Waals surface area contributed by atoms with Crippen LogP contribution in [-0.2, 0) is 14.5 Å². The van der Waals surface area contributed by atoms with Crippen LogP contribution in [0.2, 0.25) is 0 Å². The molecule has 3 rings (SSSR count). The van der Waals surface area contributed by atoms with Crippen LogP contribution in [0.5, 0.6) is 0 Å². The van der Waals surface area contributed by atoms with E-state index in [4.69, 9.17) is 9.72 Å². The van der Waals surface area contributed by atoms with E-state index in [0.717, 1.165) is 29.4 Å². The molecular weight excluding hydrogens is 395 g/mol. The first kappa shape index (κ1) is 20.9. The lowest BCUT2D eigenvalue weighted by molar-refractivity contribution is 0.0985. The number of rotatable bonds is 5. The maximum Gasteiger partial charge on any atom is 0.167 e. The molecule has 1 N–H and O–H groups in total. The van der Waals surface area contributed by atoms with E-state index in [0.29, 0.717) is 33.6 Å². The van der Waals surface area contributed by atoms with E-state index in [2.05, 4.69) is 37.9 Å². The molecule has 3 heterocycles. The van der Waals surface area contributed by atoms with Gasteiger partial charge in [-0.25, -0.2) is 19.2 Å². The Kier molecular flexibility index (Phi) is 6.47. The standard InChI is InChI=1S/C18H27N6O2PS/c1-12-8-14(9-15(19-12)22-27-3)18-20-16(23-28(4,5)25)10-17(21-18)24-6-7-26-11-13(24)2/h8-10,13,27H,6-7,11H2,1-5H3,(H,19,22)/t13-/m1/s1. The number of hydrogen-bond donors (Lipinski definition) is 1. The lowest BCUT2D eigenvalue weighted by Crippen LogP contribution is -2.44. The van der Waals surface area contributed by atoms with Crippen molar-refractivity contribution in [3.8, 4) is 11.4 Å². The van der Waals surface area contributed by atoms with Gasteiger partial charge in [-0.05, 0) is 41.4 Å². The van der Waals surface area contributed by atoms with Crippen molar-refractivity contribution in [1.82, 2.24) is 15.0 Å². The number of pyridine rings is 1. The Bertz CT molecular complexity index is 969. The third-order valence-corrected chi connectivity index (χ3v) is 5.27. The highest BCUT2D eigenvalue weighted by atomic mass is 32.2. The number of anilines is 2. The molecule has 1 saturated heterocycles. The molecule has 8 nitrogen and oxygen atoms in total. The summed E-state index contributed by atoms with van der Waals surface area (Å²) in [7, 11) is -1.80. The molecule has 2 aromatic rings. The summed E-state index contributed by atoms with van der Waals surface area (Å²) in [6.45, 7) is 8.12. The summed E-state index contributed by atoms with van der Waals surface area (Å²) in [6.07, 6.45) is 3.21. The monoisotopic (exact) mass is 422 g/mol. The van der Waals surface area contributed by atoms with Crippen LogP contribution < -0.4 is 9.99 Å². The van der Waals surface area contributed by atoms with E-state index >= 15 is 0 Å². The SMILES string of the molecule is CPNc1cc(-c2nc(N=S(C)(C)=O)cc(N3CCOC[C@H]3C)n2)cc(C)n1. The Morgan fingerprint density at radius 2 is 2.07 bits per heavy atom. The van der Waals surface area contributed by atoms with E-state index in [9.17, 15) is 4.21 Å². The van der Waals surface area contributed by atoms with E-state index in [1.807, 2.05) is 19.1 Å². The van der Waals surface area contributed by atoms with Crippen molar-refractivity contribution < 1.29 is 8.95 Å². The number of nitrogens with zero attached hydrogens (tertiary/aromatic N) is 5. The first-order valence-corrected chi connectivity index (χ1v) is 12.9. The van der Waals surface area contributed by atoms with Gasteiger partial charge in [0.1, 0.15) is 11.6 Å².